The molecule has 1 aliphatic heterocycles. The molecule has 3 aromatic rings. The zero-order valence-corrected chi connectivity index (χ0v) is 17.8. The van der Waals surface area contributed by atoms with E-state index in [1.54, 1.807) is 6.92 Å². The zero-order valence-electron chi connectivity index (χ0n) is 16.8. The lowest BCUT2D eigenvalue weighted by Crippen LogP contribution is -2.44. The van der Waals surface area contributed by atoms with Crippen LogP contribution < -0.4 is 5.32 Å². The number of aromatic nitrogens is 1. The van der Waals surface area contributed by atoms with Gasteiger partial charge in [-0.3, -0.25) is 4.99 Å². The monoisotopic (exact) mass is 392 g/mol. The number of hydrogen-bond donors (Lipinski definition) is 0. The number of halogens is 1. The molecule has 3 nitrogen and oxygen atoms in total. The van der Waals surface area contributed by atoms with Gasteiger partial charge in [0.25, 0.3) is 0 Å². The number of benzene rings is 2. The number of rotatable bonds is 5. The topological polar surface area (TPSA) is 34.4 Å². The molecule has 0 saturated carbocycles. The molecule has 0 fully saturated rings. The summed E-state index contributed by atoms with van der Waals surface area (Å²) in [5.41, 5.74) is 5.73. The Morgan fingerprint density at radius 3 is 2.54 bits per heavy atom. The van der Waals surface area contributed by atoms with E-state index in [4.69, 9.17) is 0 Å². The van der Waals surface area contributed by atoms with Crippen molar-refractivity contribution in [3.63, 3.8) is 0 Å². The summed E-state index contributed by atoms with van der Waals surface area (Å²) >= 11 is 0. The quantitative estimate of drug-likeness (QED) is 0.576. The van der Waals surface area contributed by atoms with Crippen molar-refractivity contribution in [2.75, 3.05) is 0 Å². The Balaban J connectivity index is 2.08. The number of carbonyl (C=O) groups excluding carboxylic acids is 1. The van der Waals surface area contributed by atoms with Crippen LogP contribution in [-0.4, -0.2) is 24.6 Å². The fourth-order valence-electron chi connectivity index (χ4n) is 4.16. The van der Waals surface area contributed by atoms with E-state index >= 15 is 0 Å². The van der Waals surface area contributed by atoms with Crippen LogP contribution in [0.4, 0.5) is 4.39 Å². The van der Waals surface area contributed by atoms with Crippen LogP contribution in [0.15, 0.2) is 41.4 Å². The summed E-state index contributed by atoms with van der Waals surface area (Å²) in [6.07, 6.45) is 3.20. The highest BCUT2D eigenvalue weighted by molar-refractivity contribution is 6.89. The second-order valence-corrected chi connectivity index (χ2v) is 13.6. The van der Waals surface area contributed by atoms with E-state index in [1.807, 2.05) is 18.3 Å². The van der Waals surface area contributed by atoms with Crippen molar-refractivity contribution in [3.05, 3.63) is 58.9 Å². The summed E-state index contributed by atoms with van der Waals surface area (Å²) in [6.45, 7) is 9.34. The van der Waals surface area contributed by atoms with Crippen LogP contribution in [-0.2, 0) is 17.8 Å². The molecule has 5 heteroatoms. The van der Waals surface area contributed by atoms with E-state index in [2.05, 4.69) is 41.3 Å². The number of aryl methyl sites for hydroxylation is 1. The SMILES string of the molecule is CC(=O)CCc1c([Si](C)(C)C)n(-c2ccc(F)cc2)c2cc3c(cc12)CN=C3. The van der Waals surface area contributed by atoms with Gasteiger partial charge in [0.05, 0.1) is 20.1 Å². The second kappa shape index (κ2) is 6.81. The van der Waals surface area contributed by atoms with Crippen molar-refractivity contribution in [3.8, 4) is 5.69 Å². The number of aliphatic imine (C=N–C) groups is 1. The normalized spacial score (nSPS) is 13.3. The maximum absolute atomic E-state index is 13.6. The summed E-state index contributed by atoms with van der Waals surface area (Å²) in [5, 5.41) is 2.52. The molecule has 0 bridgehead atoms. The summed E-state index contributed by atoms with van der Waals surface area (Å²) in [7, 11) is -1.78. The molecule has 4 rings (SSSR count). The van der Waals surface area contributed by atoms with Crippen LogP contribution in [0, 0.1) is 5.82 Å². The third-order valence-corrected chi connectivity index (χ3v) is 7.29. The van der Waals surface area contributed by atoms with Gasteiger partial charge in [-0.15, -0.1) is 0 Å². The molecule has 0 amide bonds. The van der Waals surface area contributed by atoms with Crippen molar-refractivity contribution in [2.45, 2.75) is 46.0 Å². The Hall–Kier alpha value is -2.53. The van der Waals surface area contributed by atoms with Crippen molar-refractivity contribution >= 4 is 36.3 Å². The average Bonchev–Trinajstić information content (AvgIpc) is 3.20. The third kappa shape index (κ3) is 3.24. The van der Waals surface area contributed by atoms with Gasteiger partial charge in [-0.2, -0.15) is 0 Å². The van der Waals surface area contributed by atoms with E-state index in [9.17, 15) is 9.18 Å². The number of Topliss-reactive ketones (excluding diaryl/α,β-unsaturated/α-hetero) is 1. The minimum Gasteiger partial charge on any atom is -0.317 e. The van der Waals surface area contributed by atoms with E-state index in [0.717, 1.165) is 23.2 Å². The highest BCUT2D eigenvalue weighted by atomic mass is 28.3. The standard InChI is InChI=1S/C23H25FN2OSi/c1-15(27)5-10-20-21-11-16-13-25-14-17(16)12-22(21)26(23(20)28(2,3)4)19-8-6-18(24)7-9-19/h6-9,11-12,14H,5,10,13H2,1-4H3. The number of hydrogen-bond acceptors (Lipinski definition) is 2. The number of nitrogens with zero attached hydrogens (tertiary/aromatic N) is 2. The zero-order chi connectivity index (χ0) is 20.1. The Labute approximate surface area is 165 Å². The van der Waals surface area contributed by atoms with Gasteiger partial charge in [0.15, 0.2) is 0 Å². The van der Waals surface area contributed by atoms with Gasteiger partial charge in [0.2, 0.25) is 0 Å². The summed E-state index contributed by atoms with van der Waals surface area (Å²) in [5.74, 6) is -0.0340. The number of fused-ring (bicyclic) bond motifs is 2. The summed E-state index contributed by atoms with van der Waals surface area (Å²) < 4.78 is 15.9. The first kappa shape index (κ1) is 18.8. The van der Waals surface area contributed by atoms with Crippen molar-refractivity contribution in [2.24, 2.45) is 4.99 Å². The molecule has 28 heavy (non-hydrogen) atoms. The number of carbonyl (C=O) groups is 1. The molecule has 2 heterocycles. The molecular weight excluding hydrogens is 367 g/mol. The minimum atomic E-state index is -1.78. The predicted molar refractivity (Wildman–Crippen MR) is 117 cm³/mol. The van der Waals surface area contributed by atoms with Crippen LogP contribution in [0.1, 0.15) is 30.0 Å². The van der Waals surface area contributed by atoms with Gasteiger partial charge < -0.3 is 9.36 Å². The van der Waals surface area contributed by atoms with E-state index < -0.39 is 8.07 Å². The summed E-state index contributed by atoms with van der Waals surface area (Å²) in [6, 6.07) is 11.2. The molecule has 0 N–H and O–H groups in total. The van der Waals surface area contributed by atoms with Crippen molar-refractivity contribution in [1.29, 1.82) is 0 Å². The van der Waals surface area contributed by atoms with Gasteiger partial charge in [0.1, 0.15) is 11.6 Å². The Kier molecular flexibility index (Phi) is 4.58. The van der Waals surface area contributed by atoms with Crippen LogP contribution in [0.25, 0.3) is 16.6 Å². The molecule has 0 unspecified atom stereocenters. The smallest absolute Gasteiger partial charge is 0.130 e. The Morgan fingerprint density at radius 2 is 1.89 bits per heavy atom. The molecule has 1 aliphatic rings. The van der Waals surface area contributed by atoms with Gasteiger partial charge in [-0.05, 0) is 66.4 Å². The molecule has 0 atom stereocenters. The van der Waals surface area contributed by atoms with Gasteiger partial charge in [-0.1, -0.05) is 19.6 Å². The van der Waals surface area contributed by atoms with Crippen LogP contribution >= 0.6 is 0 Å². The molecule has 0 saturated heterocycles. The first-order valence-corrected chi connectivity index (χ1v) is 13.2. The van der Waals surface area contributed by atoms with Gasteiger partial charge in [0, 0.05) is 29.0 Å². The van der Waals surface area contributed by atoms with Crippen LogP contribution in [0.3, 0.4) is 0 Å². The molecular formula is C23H25FN2OSi. The fourth-order valence-corrected chi connectivity index (χ4v) is 6.24. The largest absolute Gasteiger partial charge is 0.317 e. The van der Waals surface area contributed by atoms with E-state index in [-0.39, 0.29) is 11.6 Å². The van der Waals surface area contributed by atoms with E-state index in [1.165, 1.54) is 34.0 Å². The first-order chi connectivity index (χ1) is 13.3. The van der Waals surface area contributed by atoms with Crippen molar-refractivity contribution in [1.82, 2.24) is 4.57 Å². The molecule has 144 valence electrons. The predicted octanol–water partition coefficient (Wildman–Crippen LogP) is 4.77. The number of ketones is 1. The summed E-state index contributed by atoms with van der Waals surface area (Å²) in [4.78, 5) is 16.2. The lowest BCUT2D eigenvalue weighted by Gasteiger charge is -2.23. The molecule has 0 spiro atoms. The molecule has 1 aromatic heterocycles. The van der Waals surface area contributed by atoms with Gasteiger partial charge in [-0.25, -0.2) is 4.39 Å². The third-order valence-electron chi connectivity index (χ3n) is 5.35. The van der Waals surface area contributed by atoms with E-state index in [0.29, 0.717) is 13.0 Å². The minimum absolute atomic E-state index is 0.203. The fraction of sp³-hybridized carbons (Fsp3) is 0.304. The molecule has 0 radical (unpaired) electrons. The van der Waals surface area contributed by atoms with Crippen molar-refractivity contribution < 1.29 is 9.18 Å². The van der Waals surface area contributed by atoms with Gasteiger partial charge >= 0.3 is 0 Å². The lowest BCUT2D eigenvalue weighted by atomic mass is 10.0. The maximum atomic E-state index is 13.6. The molecule has 2 aromatic carbocycles. The molecule has 0 aliphatic carbocycles. The van der Waals surface area contributed by atoms with Crippen LogP contribution in [0.5, 0.6) is 0 Å². The Bertz CT molecular complexity index is 1100. The second-order valence-electron chi connectivity index (χ2n) is 8.63. The Morgan fingerprint density at radius 1 is 1.18 bits per heavy atom. The average molecular weight is 393 g/mol. The lowest BCUT2D eigenvalue weighted by molar-refractivity contribution is -0.116. The maximum Gasteiger partial charge on any atom is 0.130 e. The highest BCUT2D eigenvalue weighted by Gasteiger charge is 2.29. The highest BCUT2D eigenvalue weighted by Crippen LogP contribution is 2.31. The van der Waals surface area contributed by atoms with Crippen LogP contribution in [0.2, 0.25) is 19.6 Å². The first-order valence-electron chi connectivity index (χ1n) is 9.71.